The summed E-state index contributed by atoms with van der Waals surface area (Å²) in [5.41, 5.74) is 16.3. The molecule has 12 aliphatic rings. The van der Waals surface area contributed by atoms with Gasteiger partial charge in [0.1, 0.15) is 34.5 Å². The van der Waals surface area contributed by atoms with Gasteiger partial charge >= 0.3 is 0 Å². The fourth-order valence-electron chi connectivity index (χ4n) is 19.5. The summed E-state index contributed by atoms with van der Waals surface area (Å²) in [7, 11) is 0. The Balaban J connectivity index is 1.09. The molecule has 4 aromatic rings. The first kappa shape index (κ1) is 36.3. The summed E-state index contributed by atoms with van der Waals surface area (Å²) in [6.45, 7) is 0. The third-order valence-corrected chi connectivity index (χ3v) is 19.6. The number of ether oxygens (including phenoxy) is 2. The summed E-state index contributed by atoms with van der Waals surface area (Å²) < 4.78 is 14.3. The number of phenolic OH excluding ortho intramolecular Hbond substituents is 2. The van der Waals surface area contributed by atoms with Crippen molar-refractivity contribution in [2.24, 2.45) is 75.4 Å². The molecule has 0 saturated heterocycles. The lowest BCUT2D eigenvalue weighted by Crippen LogP contribution is -2.75. The number of benzene rings is 4. The van der Waals surface area contributed by atoms with Crippen molar-refractivity contribution in [1.29, 1.82) is 0 Å². The highest BCUT2D eigenvalue weighted by Gasteiger charge is 2.79. The van der Waals surface area contributed by atoms with E-state index in [2.05, 4.69) is 48.5 Å². The maximum atomic E-state index is 10.5. The minimum Gasteiger partial charge on any atom is -0.506 e. The van der Waals surface area contributed by atoms with Crippen LogP contribution in [0.25, 0.3) is 0 Å². The van der Waals surface area contributed by atoms with Crippen LogP contribution in [0.15, 0.2) is 84.9 Å². The van der Waals surface area contributed by atoms with Gasteiger partial charge in [-0.15, -0.1) is 0 Å². The molecule has 12 aliphatic carbocycles. The van der Waals surface area contributed by atoms with Crippen molar-refractivity contribution >= 4 is 11.4 Å². The molecule has 0 heterocycles. The summed E-state index contributed by atoms with van der Waals surface area (Å²) in [4.78, 5) is 0. The second-order valence-electron chi connectivity index (χ2n) is 22.6. The quantitative estimate of drug-likeness (QED) is 0.104. The number of para-hydroxylation sites is 2. The van der Waals surface area contributed by atoms with E-state index >= 15 is 0 Å². The summed E-state index contributed by atoms with van der Waals surface area (Å²) in [6.07, 6.45) is 22.5. The summed E-state index contributed by atoms with van der Waals surface area (Å²) >= 11 is 0. The van der Waals surface area contributed by atoms with Gasteiger partial charge in [-0.25, -0.2) is 0 Å². The fourth-order valence-corrected chi connectivity index (χ4v) is 19.5. The van der Waals surface area contributed by atoms with Gasteiger partial charge in [-0.1, -0.05) is 36.4 Å². The van der Waals surface area contributed by atoms with Gasteiger partial charge in [-0.05, 0) is 215 Å². The minimum absolute atomic E-state index is 0.0135. The molecule has 312 valence electrons. The number of anilines is 2. The van der Waals surface area contributed by atoms with Crippen molar-refractivity contribution in [1.82, 2.24) is 0 Å². The highest BCUT2D eigenvalue weighted by Crippen LogP contribution is 2.86. The standard InChI is InChI=1S/C54H62N2O4/c55-44-22-40(9-11-46(44)57)59-48-7-3-1-5-42(48)54(43-6-2-4-8-49(43)60-41-10-12-47(58)45(56)23-41)39-20-36-17-37(21-39)30-53(54,29-36)52-27-34-16-35(28-52)19-38(18-34)50(52)51-24-31-13-32(25-51)15-33(14-31)26-51/h1-12,22-23,31-39,50,57-58H,13-21,24-30,55-56H2. The van der Waals surface area contributed by atoms with Crippen molar-refractivity contribution in [3.63, 3.8) is 0 Å². The highest BCUT2D eigenvalue weighted by atomic mass is 16.5. The molecule has 12 fully saturated rings. The molecule has 0 spiro atoms. The van der Waals surface area contributed by atoms with E-state index in [-0.39, 0.29) is 27.7 Å². The van der Waals surface area contributed by atoms with Crippen LogP contribution in [0.3, 0.4) is 0 Å². The van der Waals surface area contributed by atoms with E-state index in [0.29, 0.717) is 34.2 Å². The molecule has 6 N–H and O–H groups in total. The predicted molar refractivity (Wildman–Crippen MR) is 235 cm³/mol. The van der Waals surface area contributed by atoms with Crippen molar-refractivity contribution in [2.75, 3.05) is 11.5 Å². The lowest BCUT2D eigenvalue weighted by molar-refractivity contribution is -0.296. The molecule has 16 rings (SSSR count). The van der Waals surface area contributed by atoms with E-state index in [1.165, 1.54) is 114 Å². The SMILES string of the molecule is Nc1cc(Oc2ccccc2C2(c3ccccc3Oc3ccc(O)c(N)c3)C3CC4CC(C3)CC2(C23CC5CC(CC(C5)C2C25CC6CC(CC(C6)C2)C5)C3)C4)ccc1O. The van der Waals surface area contributed by atoms with Crippen LogP contribution in [0.2, 0.25) is 0 Å². The maximum Gasteiger partial charge on any atom is 0.138 e. The Morgan fingerprint density at radius 1 is 0.483 bits per heavy atom. The van der Waals surface area contributed by atoms with Crippen LogP contribution in [0, 0.1) is 75.4 Å². The Labute approximate surface area is 355 Å². The molecule has 0 aromatic heterocycles. The van der Waals surface area contributed by atoms with E-state index in [1.807, 2.05) is 12.1 Å². The van der Waals surface area contributed by atoms with Gasteiger partial charge in [0.2, 0.25) is 0 Å². The molecule has 60 heavy (non-hydrogen) atoms. The van der Waals surface area contributed by atoms with Gasteiger partial charge < -0.3 is 31.2 Å². The summed E-state index contributed by atoms with van der Waals surface area (Å²) in [6, 6.07) is 28.7. The van der Waals surface area contributed by atoms with E-state index in [9.17, 15) is 10.2 Å². The zero-order valence-corrected chi connectivity index (χ0v) is 35.0. The normalized spacial score (nSPS) is 40.9. The first-order valence-corrected chi connectivity index (χ1v) is 23.9. The Morgan fingerprint density at radius 2 is 0.917 bits per heavy atom. The number of phenols is 2. The third-order valence-electron chi connectivity index (χ3n) is 19.6. The topological polar surface area (TPSA) is 111 Å². The van der Waals surface area contributed by atoms with Gasteiger partial charge in [0.15, 0.2) is 0 Å². The second kappa shape index (κ2) is 12.6. The van der Waals surface area contributed by atoms with E-state index in [0.717, 1.165) is 64.8 Å². The smallest absolute Gasteiger partial charge is 0.138 e. The Morgan fingerprint density at radius 3 is 1.38 bits per heavy atom. The zero-order chi connectivity index (χ0) is 40.2. The zero-order valence-electron chi connectivity index (χ0n) is 35.0. The molecule has 12 bridgehead atoms. The number of hydrogen-bond donors (Lipinski definition) is 4. The summed E-state index contributed by atoms with van der Waals surface area (Å²) in [5.74, 6) is 11.2. The van der Waals surface area contributed by atoms with Crippen LogP contribution in [-0.2, 0) is 5.41 Å². The molecule has 5 atom stereocenters. The van der Waals surface area contributed by atoms with Gasteiger partial charge in [-0.2, -0.15) is 0 Å². The Kier molecular flexibility index (Phi) is 7.65. The van der Waals surface area contributed by atoms with Crippen LogP contribution in [-0.4, -0.2) is 10.2 Å². The van der Waals surface area contributed by atoms with Gasteiger partial charge in [0.25, 0.3) is 0 Å². The van der Waals surface area contributed by atoms with E-state index < -0.39 is 0 Å². The molecule has 0 aliphatic heterocycles. The van der Waals surface area contributed by atoms with Crippen LogP contribution in [0.5, 0.6) is 34.5 Å². The molecule has 0 radical (unpaired) electrons. The van der Waals surface area contributed by atoms with Crippen LogP contribution in [0.1, 0.15) is 114 Å². The van der Waals surface area contributed by atoms with Crippen molar-refractivity contribution in [2.45, 2.75) is 108 Å². The van der Waals surface area contributed by atoms with Gasteiger partial charge in [-0.3, -0.25) is 0 Å². The van der Waals surface area contributed by atoms with Crippen molar-refractivity contribution < 1.29 is 19.7 Å². The molecule has 12 saturated carbocycles. The first-order valence-electron chi connectivity index (χ1n) is 23.9. The predicted octanol–water partition coefficient (Wildman–Crippen LogP) is 12.6. The van der Waals surface area contributed by atoms with Crippen LogP contribution in [0.4, 0.5) is 11.4 Å². The molecular formula is C54H62N2O4. The highest BCUT2D eigenvalue weighted by molar-refractivity contribution is 5.61. The molecular weight excluding hydrogens is 741 g/mol. The molecule has 6 nitrogen and oxygen atoms in total. The molecule has 0 amide bonds. The largest absolute Gasteiger partial charge is 0.506 e. The Bertz CT molecular complexity index is 2230. The monoisotopic (exact) mass is 802 g/mol. The number of aromatic hydroxyl groups is 2. The summed E-state index contributed by atoms with van der Waals surface area (Å²) in [5, 5.41) is 20.9. The minimum atomic E-state index is -0.384. The molecule has 6 heteroatoms. The van der Waals surface area contributed by atoms with Gasteiger partial charge in [0.05, 0.1) is 11.4 Å². The average Bonchev–Trinajstić information content (AvgIpc) is 3.20. The maximum absolute atomic E-state index is 10.5. The Hall–Kier alpha value is -4.32. The van der Waals surface area contributed by atoms with Crippen LogP contribution < -0.4 is 20.9 Å². The molecule has 5 unspecified atom stereocenters. The number of nitrogen functional groups attached to an aromatic ring is 2. The van der Waals surface area contributed by atoms with Crippen molar-refractivity contribution in [3.05, 3.63) is 96.1 Å². The second-order valence-corrected chi connectivity index (χ2v) is 22.6. The lowest BCUT2D eigenvalue weighted by atomic mass is 9.23. The average molecular weight is 803 g/mol. The molecule has 4 aromatic carbocycles. The number of rotatable bonds is 8. The van der Waals surface area contributed by atoms with Gasteiger partial charge in [0, 0.05) is 28.7 Å². The fraction of sp³-hybridized carbons (Fsp3) is 0.556. The third kappa shape index (κ3) is 4.88. The first-order chi connectivity index (χ1) is 29.1. The number of hydrogen-bond acceptors (Lipinski definition) is 6. The van der Waals surface area contributed by atoms with E-state index in [4.69, 9.17) is 20.9 Å². The van der Waals surface area contributed by atoms with E-state index in [1.54, 1.807) is 24.3 Å². The van der Waals surface area contributed by atoms with Crippen molar-refractivity contribution in [3.8, 4) is 34.5 Å². The van der Waals surface area contributed by atoms with Crippen LogP contribution >= 0.6 is 0 Å². The number of nitrogens with two attached hydrogens (primary N) is 2. The lowest BCUT2D eigenvalue weighted by Gasteiger charge is -2.81.